The van der Waals surface area contributed by atoms with E-state index in [9.17, 15) is 9.59 Å². The van der Waals surface area contributed by atoms with Crippen molar-refractivity contribution in [2.24, 2.45) is 0 Å². The molecule has 0 radical (unpaired) electrons. The van der Waals surface area contributed by atoms with Crippen LogP contribution in [0.2, 0.25) is 0 Å². The van der Waals surface area contributed by atoms with Gasteiger partial charge in [-0.05, 0) is 12.8 Å². The average Bonchev–Trinajstić information content (AvgIpc) is 2.53. The summed E-state index contributed by atoms with van der Waals surface area (Å²) in [4.78, 5) is 20.7. The Bertz CT molecular complexity index is 278. The van der Waals surface area contributed by atoms with Crippen LogP contribution in [-0.4, -0.2) is 51.7 Å². The van der Waals surface area contributed by atoms with Crippen LogP contribution in [0.1, 0.15) is 116 Å². The molecule has 0 aliphatic heterocycles. The molecule has 0 amide bonds. The number of hydrogen-bond acceptors (Lipinski definition) is 2. The first-order chi connectivity index (χ1) is 11.6. The van der Waals surface area contributed by atoms with Crippen molar-refractivity contribution < 1.29 is 19.8 Å². The van der Waals surface area contributed by atoms with Gasteiger partial charge in [-0.15, -0.1) is 0 Å². The Labute approximate surface area is 176 Å². The molecule has 25 heavy (non-hydrogen) atoms. The number of carboxylic acid groups (broad SMARTS) is 2. The van der Waals surface area contributed by atoms with Crippen molar-refractivity contribution in [3.63, 3.8) is 0 Å². The molecule has 0 heterocycles. The summed E-state index contributed by atoms with van der Waals surface area (Å²) < 4.78 is 0. The SMILES string of the molecule is O=C(O)CCCCCCCCCCCCCCCCCCC(=O)O.[NaH]. The summed E-state index contributed by atoms with van der Waals surface area (Å²) >= 11 is 0. The standard InChI is InChI=1S/C20H38O4.Na.H/c21-19(22)17-15-13-11-9-7-5-3-1-2-4-6-8-10-12-14-16-18-20(23)24;;/h1-18H2,(H,21,22)(H,23,24);;. The molecule has 0 saturated heterocycles. The fourth-order valence-corrected chi connectivity index (χ4v) is 3.03. The molecule has 0 aromatic rings. The van der Waals surface area contributed by atoms with Gasteiger partial charge in [0.2, 0.25) is 0 Å². The second-order valence-corrected chi connectivity index (χ2v) is 6.94. The monoisotopic (exact) mass is 366 g/mol. The molecule has 0 spiro atoms. The summed E-state index contributed by atoms with van der Waals surface area (Å²) in [5.74, 6) is -1.35. The molecule has 0 aliphatic rings. The van der Waals surface area contributed by atoms with Crippen LogP contribution in [0, 0.1) is 0 Å². The van der Waals surface area contributed by atoms with E-state index in [2.05, 4.69) is 0 Å². The van der Waals surface area contributed by atoms with Crippen LogP contribution in [0.25, 0.3) is 0 Å². The van der Waals surface area contributed by atoms with Gasteiger partial charge in [0, 0.05) is 12.8 Å². The van der Waals surface area contributed by atoms with Crippen molar-refractivity contribution in [1.82, 2.24) is 0 Å². The third-order valence-corrected chi connectivity index (χ3v) is 4.53. The third-order valence-electron chi connectivity index (χ3n) is 4.53. The first-order valence-electron chi connectivity index (χ1n) is 10.1. The Kier molecular flexibility index (Phi) is 23.9. The van der Waals surface area contributed by atoms with E-state index in [0.717, 1.165) is 25.7 Å². The van der Waals surface area contributed by atoms with Gasteiger partial charge in [-0.1, -0.05) is 89.9 Å². The van der Waals surface area contributed by atoms with Crippen LogP contribution in [0.15, 0.2) is 0 Å². The molecule has 0 bridgehead atoms. The Morgan fingerprint density at radius 1 is 0.400 bits per heavy atom. The van der Waals surface area contributed by atoms with Crippen LogP contribution < -0.4 is 0 Å². The van der Waals surface area contributed by atoms with Crippen molar-refractivity contribution >= 4 is 41.5 Å². The summed E-state index contributed by atoms with van der Waals surface area (Å²) in [5.41, 5.74) is 0. The van der Waals surface area contributed by atoms with Crippen LogP contribution in [0.4, 0.5) is 0 Å². The second-order valence-electron chi connectivity index (χ2n) is 6.94. The fourth-order valence-electron chi connectivity index (χ4n) is 3.03. The molecule has 144 valence electrons. The summed E-state index contributed by atoms with van der Waals surface area (Å²) in [7, 11) is 0. The van der Waals surface area contributed by atoms with Crippen LogP contribution in [0.3, 0.4) is 0 Å². The Morgan fingerprint density at radius 3 is 0.720 bits per heavy atom. The average molecular weight is 367 g/mol. The van der Waals surface area contributed by atoms with Crippen LogP contribution >= 0.6 is 0 Å². The Morgan fingerprint density at radius 2 is 0.560 bits per heavy atom. The molecular weight excluding hydrogens is 327 g/mol. The van der Waals surface area contributed by atoms with E-state index in [0.29, 0.717) is 12.8 Å². The summed E-state index contributed by atoms with van der Waals surface area (Å²) in [6, 6.07) is 0. The van der Waals surface area contributed by atoms with E-state index in [-0.39, 0.29) is 29.6 Å². The summed E-state index contributed by atoms with van der Waals surface area (Å²) in [6.07, 6.45) is 19.9. The van der Waals surface area contributed by atoms with Gasteiger partial charge in [-0.3, -0.25) is 9.59 Å². The van der Waals surface area contributed by atoms with Crippen LogP contribution in [0.5, 0.6) is 0 Å². The van der Waals surface area contributed by atoms with Crippen molar-refractivity contribution in [2.45, 2.75) is 116 Å². The van der Waals surface area contributed by atoms with Crippen molar-refractivity contribution in [3.8, 4) is 0 Å². The molecule has 0 fully saturated rings. The molecule has 4 nitrogen and oxygen atoms in total. The van der Waals surface area contributed by atoms with Crippen molar-refractivity contribution in [1.29, 1.82) is 0 Å². The number of rotatable bonds is 19. The number of unbranched alkanes of at least 4 members (excludes halogenated alkanes) is 15. The van der Waals surface area contributed by atoms with E-state index in [4.69, 9.17) is 10.2 Å². The molecule has 0 aromatic heterocycles. The molecule has 0 aliphatic carbocycles. The predicted molar refractivity (Wildman–Crippen MR) is 106 cm³/mol. The molecule has 0 unspecified atom stereocenters. The Balaban J connectivity index is 0. The topological polar surface area (TPSA) is 74.6 Å². The van der Waals surface area contributed by atoms with E-state index in [1.54, 1.807) is 0 Å². The minimum absolute atomic E-state index is 0. The van der Waals surface area contributed by atoms with Gasteiger partial charge in [0.25, 0.3) is 0 Å². The zero-order valence-electron chi connectivity index (χ0n) is 15.4. The molecule has 0 aromatic carbocycles. The van der Waals surface area contributed by atoms with Gasteiger partial charge in [0.15, 0.2) is 0 Å². The minimum atomic E-state index is -0.673. The third kappa shape index (κ3) is 26.3. The number of aliphatic carboxylic acids is 2. The molecule has 0 rings (SSSR count). The van der Waals surface area contributed by atoms with Gasteiger partial charge in [-0.25, -0.2) is 0 Å². The maximum atomic E-state index is 10.4. The number of hydrogen-bond donors (Lipinski definition) is 2. The molecule has 0 saturated carbocycles. The van der Waals surface area contributed by atoms with Gasteiger partial charge < -0.3 is 10.2 Å². The summed E-state index contributed by atoms with van der Waals surface area (Å²) in [5, 5.41) is 17.1. The zero-order chi connectivity index (χ0) is 17.9. The van der Waals surface area contributed by atoms with Gasteiger partial charge in [0.05, 0.1) is 0 Å². The Hall–Kier alpha value is -0.0600. The van der Waals surface area contributed by atoms with Gasteiger partial charge >= 0.3 is 41.5 Å². The van der Waals surface area contributed by atoms with Crippen molar-refractivity contribution in [2.75, 3.05) is 0 Å². The van der Waals surface area contributed by atoms with Crippen LogP contribution in [-0.2, 0) is 9.59 Å². The number of carbonyl (C=O) groups is 2. The fraction of sp³-hybridized carbons (Fsp3) is 0.900. The van der Waals surface area contributed by atoms with E-state index in [1.807, 2.05) is 0 Å². The first-order valence-corrected chi connectivity index (χ1v) is 10.1. The van der Waals surface area contributed by atoms with Gasteiger partial charge in [0.1, 0.15) is 0 Å². The maximum absolute atomic E-state index is 10.4. The predicted octanol–water partition coefficient (Wildman–Crippen LogP) is 5.53. The molecular formula is C20H39NaO4. The molecule has 0 atom stereocenters. The summed E-state index contributed by atoms with van der Waals surface area (Å²) in [6.45, 7) is 0. The molecule has 5 heteroatoms. The second kappa shape index (κ2) is 22.0. The quantitative estimate of drug-likeness (QED) is 0.233. The van der Waals surface area contributed by atoms with Gasteiger partial charge in [-0.2, -0.15) is 0 Å². The van der Waals surface area contributed by atoms with E-state index >= 15 is 0 Å². The molecule has 2 N–H and O–H groups in total. The number of carboxylic acids is 2. The first kappa shape index (κ1) is 27.2. The van der Waals surface area contributed by atoms with E-state index in [1.165, 1.54) is 77.0 Å². The van der Waals surface area contributed by atoms with E-state index < -0.39 is 11.9 Å². The zero-order valence-corrected chi connectivity index (χ0v) is 15.4. The van der Waals surface area contributed by atoms with Crippen molar-refractivity contribution in [3.05, 3.63) is 0 Å². The normalized spacial score (nSPS) is 10.4.